The van der Waals surface area contributed by atoms with Crippen LogP contribution in [-0.4, -0.2) is 21.9 Å². The normalized spacial score (nSPS) is 11.2. The number of hydrogen-bond donors (Lipinski definition) is 2. The molecule has 0 bridgehead atoms. The summed E-state index contributed by atoms with van der Waals surface area (Å²) in [4.78, 5) is 15.6. The number of oxime groups is 1. The highest BCUT2D eigenvalue weighted by Gasteiger charge is 2.10. The van der Waals surface area contributed by atoms with E-state index in [1.165, 1.54) is 18.7 Å². The van der Waals surface area contributed by atoms with Gasteiger partial charge in [0.15, 0.2) is 5.84 Å². The van der Waals surface area contributed by atoms with Gasteiger partial charge in [0, 0.05) is 18.8 Å². The van der Waals surface area contributed by atoms with Gasteiger partial charge in [0.05, 0.1) is 18.1 Å². The number of nitrogens with one attached hydrogen (secondary N) is 1. The lowest BCUT2D eigenvalue weighted by Crippen LogP contribution is -2.32. The zero-order valence-electron chi connectivity index (χ0n) is 9.41. The number of rotatable bonds is 3. The molecule has 0 atom stereocenters. The second kappa shape index (κ2) is 5.62. The molecule has 0 saturated heterocycles. The van der Waals surface area contributed by atoms with Gasteiger partial charge in [-0.25, -0.2) is 0 Å². The highest BCUT2D eigenvalue weighted by molar-refractivity contribution is 6.06. The van der Waals surface area contributed by atoms with Crippen LogP contribution in [-0.2, 0) is 6.42 Å². The number of furan rings is 1. The van der Waals surface area contributed by atoms with Gasteiger partial charge in [0.1, 0.15) is 0 Å². The molecule has 0 fully saturated rings. The second-order valence-electron chi connectivity index (χ2n) is 3.55. The SMILES string of the molecule is O=C(NC(Cc1ccoc1)=NO)c1cccnc1. The van der Waals surface area contributed by atoms with Crippen molar-refractivity contribution in [2.45, 2.75) is 6.42 Å². The average molecular weight is 245 g/mol. The van der Waals surface area contributed by atoms with Crippen molar-refractivity contribution in [3.8, 4) is 0 Å². The van der Waals surface area contributed by atoms with Gasteiger partial charge >= 0.3 is 0 Å². The molecule has 2 aromatic rings. The molecular weight excluding hydrogens is 234 g/mol. The first-order valence-corrected chi connectivity index (χ1v) is 5.23. The molecular formula is C12H11N3O3. The highest BCUT2D eigenvalue weighted by Crippen LogP contribution is 2.02. The third kappa shape index (κ3) is 2.94. The Morgan fingerprint density at radius 1 is 1.50 bits per heavy atom. The Morgan fingerprint density at radius 2 is 2.39 bits per heavy atom. The van der Waals surface area contributed by atoms with Crippen molar-refractivity contribution < 1.29 is 14.4 Å². The molecule has 0 saturated carbocycles. The summed E-state index contributed by atoms with van der Waals surface area (Å²) in [5.74, 6) is -0.232. The topological polar surface area (TPSA) is 87.7 Å². The Hall–Kier alpha value is -2.63. The lowest BCUT2D eigenvalue weighted by molar-refractivity contribution is 0.0974. The smallest absolute Gasteiger partial charge is 0.258 e. The van der Waals surface area contributed by atoms with Gasteiger partial charge in [-0.3, -0.25) is 9.78 Å². The molecule has 6 heteroatoms. The van der Waals surface area contributed by atoms with E-state index in [-0.39, 0.29) is 18.2 Å². The molecule has 0 unspecified atom stereocenters. The fourth-order valence-electron chi connectivity index (χ4n) is 1.39. The molecule has 1 amide bonds. The maximum absolute atomic E-state index is 11.8. The standard InChI is InChI=1S/C12H11N3O3/c16-12(10-2-1-4-13-7-10)14-11(15-17)6-9-3-5-18-8-9/h1-5,7-8,17H,6H2,(H,14,15,16). The molecule has 2 heterocycles. The molecule has 0 radical (unpaired) electrons. The molecule has 6 nitrogen and oxygen atoms in total. The minimum atomic E-state index is -0.376. The highest BCUT2D eigenvalue weighted by atomic mass is 16.4. The first kappa shape index (κ1) is 11.8. The summed E-state index contributed by atoms with van der Waals surface area (Å²) in [6, 6.07) is 5.00. The summed E-state index contributed by atoms with van der Waals surface area (Å²) >= 11 is 0. The first-order valence-electron chi connectivity index (χ1n) is 5.23. The van der Waals surface area contributed by atoms with E-state index >= 15 is 0 Å². The predicted molar refractivity (Wildman–Crippen MR) is 63.3 cm³/mol. The molecule has 0 aromatic carbocycles. The number of nitrogens with zero attached hydrogens (tertiary/aromatic N) is 2. The van der Waals surface area contributed by atoms with Crippen LogP contribution in [0.1, 0.15) is 15.9 Å². The molecule has 0 aliphatic rings. The van der Waals surface area contributed by atoms with Crippen LogP contribution in [0.5, 0.6) is 0 Å². The average Bonchev–Trinajstić information content (AvgIpc) is 2.91. The van der Waals surface area contributed by atoms with E-state index in [1.807, 2.05) is 0 Å². The molecule has 2 rings (SSSR count). The monoisotopic (exact) mass is 245 g/mol. The number of carbonyl (C=O) groups excluding carboxylic acids is 1. The van der Waals surface area contributed by atoms with E-state index in [2.05, 4.69) is 15.5 Å². The van der Waals surface area contributed by atoms with Crippen LogP contribution in [0.3, 0.4) is 0 Å². The van der Waals surface area contributed by atoms with Crippen LogP contribution >= 0.6 is 0 Å². The summed E-state index contributed by atoms with van der Waals surface area (Å²) in [5.41, 5.74) is 1.19. The van der Waals surface area contributed by atoms with E-state index in [4.69, 9.17) is 9.62 Å². The third-order valence-corrected chi connectivity index (χ3v) is 2.25. The maximum Gasteiger partial charge on any atom is 0.258 e. The summed E-state index contributed by atoms with van der Waals surface area (Å²) < 4.78 is 4.89. The van der Waals surface area contributed by atoms with Gasteiger partial charge in [-0.15, -0.1) is 0 Å². The Bertz CT molecular complexity index is 535. The fraction of sp³-hybridized carbons (Fsp3) is 0.0833. The van der Waals surface area contributed by atoms with E-state index in [0.29, 0.717) is 5.56 Å². The molecule has 0 spiro atoms. The zero-order chi connectivity index (χ0) is 12.8. The van der Waals surface area contributed by atoms with Crippen molar-refractivity contribution in [1.29, 1.82) is 0 Å². The minimum absolute atomic E-state index is 0.144. The van der Waals surface area contributed by atoms with Crippen LogP contribution in [0.25, 0.3) is 0 Å². The molecule has 2 N–H and O–H groups in total. The van der Waals surface area contributed by atoms with Crippen molar-refractivity contribution >= 4 is 11.7 Å². The van der Waals surface area contributed by atoms with Crippen molar-refractivity contribution in [3.05, 3.63) is 54.2 Å². The lowest BCUT2D eigenvalue weighted by Gasteiger charge is -2.05. The quantitative estimate of drug-likeness (QED) is 0.370. The van der Waals surface area contributed by atoms with Gasteiger partial charge in [-0.1, -0.05) is 5.16 Å². The minimum Gasteiger partial charge on any atom is -0.472 e. The van der Waals surface area contributed by atoms with E-state index in [1.54, 1.807) is 24.4 Å². The number of amidine groups is 1. The van der Waals surface area contributed by atoms with Crippen molar-refractivity contribution in [2.75, 3.05) is 0 Å². The van der Waals surface area contributed by atoms with Crippen LogP contribution in [0, 0.1) is 0 Å². The number of amides is 1. The van der Waals surface area contributed by atoms with Crippen molar-refractivity contribution in [1.82, 2.24) is 10.3 Å². The number of carbonyl (C=O) groups is 1. The Labute approximate surface area is 103 Å². The summed E-state index contributed by atoms with van der Waals surface area (Å²) in [6.45, 7) is 0. The van der Waals surface area contributed by atoms with Gasteiger partial charge in [-0.2, -0.15) is 0 Å². The number of hydrogen-bond acceptors (Lipinski definition) is 5. The maximum atomic E-state index is 11.8. The van der Waals surface area contributed by atoms with Gasteiger partial charge in [0.25, 0.3) is 5.91 Å². The summed E-state index contributed by atoms with van der Waals surface area (Å²) in [7, 11) is 0. The van der Waals surface area contributed by atoms with Crippen molar-refractivity contribution in [2.24, 2.45) is 5.16 Å². The van der Waals surface area contributed by atoms with Gasteiger partial charge in [0.2, 0.25) is 0 Å². The van der Waals surface area contributed by atoms with Gasteiger partial charge in [-0.05, 0) is 23.8 Å². The van der Waals surface area contributed by atoms with E-state index in [9.17, 15) is 4.79 Å². The van der Waals surface area contributed by atoms with Crippen LogP contribution < -0.4 is 5.32 Å². The molecule has 0 aliphatic heterocycles. The fourth-order valence-corrected chi connectivity index (χ4v) is 1.39. The Balaban J connectivity index is 2.01. The third-order valence-electron chi connectivity index (χ3n) is 2.25. The number of aromatic nitrogens is 1. The van der Waals surface area contributed by atoms with Crippen LogP contribution in [0.2, 0.25) is 0 Å². The van der Waals surface area contributed by atoms with E-state index < -0.39 is 0 Å². The Kier molecular flexibility index (Phi) is 3.70. The predicted octanol–water partition coefficient (Wildman–Crippen LogP) is 1.43. The molecule has 92 valence electrons. The van der Waals surface area contributed by atoms with Gasteiger partial charge < -0.3 is 14.9 Å². The molecule has 18 heavy (non-hydrogen) atoms. The Morgan fingerprint density at radius 3 is 3.00 bits per heavy atom. The van der Waals surface area contributed by atoms with Crippen molar-refractivity contribution in [3.63, 3.8) is 0 Å². The van der Waals surface area contributed by atoms with E-state index in [0.717, 1.165) is 5.56 Å². The molecule has 0 aliphatic carbocycles. The van der Waals surface area contributed by atoms with Crippen LogP contribution in [0.15, 0.2) is 52.7 Å². The first-order chi connectivity index (χ1) is 8.79. The van der Waals surface area contributed by atoms with Crippen LogP contribution in [0.4, 0.5) is 0 Å². The zero-order valence-corrected chi connectivity index (χ0v) is 9.41. The largest absolute Gasteiger partial charge is 0.472 e. The second-order valence-corrected chi connectivity index (χ2v) is 3.55. The number of pyridine rings is 1. The summed E-state index contributed by atoms with van der Waals surface area (Å²) in [5, 5.41) is 14.4. The lowest BCUT2D eigenvalue weighted by atomic mass is 10.2. The summed E-state index contributed by atoms with van der Waals surface area (Å²) in [6.07, 6.45) is 6.30. The molecule has 2 aromatic heterocycles.